The van der Waals surface area contributed by atoms with Crippen molar-refractivity contribution in [3.63, 3.8) is 0 Å². The first kappa shape index (κ1) is 9.25. The number of benzene rings is 1. The van der Waals surface area contributed by atoms with Gasteiger partial charge in [0, 0.05) is 28.2 Å². The van der Waals surface area contributed by atoms with E-state index in [4.69, 9.17) is 17.3 Å². The molecule has 2 aromatic rings. The van der Waals surface area contributed by atoms with E-state index in [9.17, 15) is 0 Å². The number of hydrogen-bond acceptors (Lipinski definition) is 1. The lowest BCUT2D eigenvalue weighted by atomic mass is 10.0. The first-order valence-corrected chi connectivity index (χ1v) is 5.65. The highest BCUT2D eigenvalue weighted by Gasteiger charge is 2.30. The lowest BCUT2D eigenvalue weighted by Crippen LogP contribution is -2.11. The van der Waals surface area contributed by atoms with Gasteiger partial charge in [-0.2, -0.15) is 0 Å². The normalized spacial score (nSPS) is 18.3. The van der Waals surface area contributed by atoms with E-state index in [2.05, 4.69) is 4.98 Å². The lowest BCUT2D eigenvalue weighted by molar-refractivity contribution is 0.638. The van der Waals surface area contributed by atoms with Crippen molar-refractivity contribution in [3.8, 4) is 0 Å². The second kappa shape index (κ2) is 3.26. The Morgan fingerprint density at radius 3 is 2.93 bits per heavy atom. The van der Waals surface area contributed by atoms with Gasteiger partial charge in [0.1, 0.15) is 0 Å². The summed E-state index contributed by atoms with van der Waals surface area (Å²) in [5.41, 5.74) is 8.50. The average Bonchev–Trinajstić information content (AvgIpc) is 2.98. The van der Waals surface area contributed by atoms with Crippen LogP contribution in [0.3, 0.4) is 0 Å². The van der Waals surface area contributed by atoms with Gasteiger partial charge in [0.2, 0.25) is 0 Å². The summed E-state index contributed by atoms with van der Waals surface area (Å²) in [5.74, 6) is 0.680. The molecule has 1 aromatic heterocycles. The number of aromatic amines is 1. The van der Waals surface area contributed by atoms with E-state index in [1.807, 2.05) is 24.4 Å². The van der Waals surface area contributed by atoms with Gasteiger partial charge in [-0.05, 0) is 36.5 Å². The van der Waals surface area contributed by atoms with Crippen LogP contribution in [0, 0.1) is 5.92 Å². The minimum absolute atomic E-state index is 0.180. The van der Waals surface area contributed by atoms with E-state index in [1.165, 1.54) is 23.8 Å². The van der Waals surface area contributed by atoms with E-state index in [0.29, 0.717) is 5.92 Å². The van der Waals surface area contributed by atoms with Crippen LogP contribution >= 0.6 is 11.6 Å². The van der Waals surface area contributed by atoms with Gasteiger partial charge in [-0.1, -0.05) is 17.7 Å². The maximum atomic E-state index is 6.20. The summed E-state index contributed by atoms with van der Waals surface area (Å²) in [6.07, 6.45) is 4.55. The molecular weight excluding hydrogens is 208 g/mol. The summed E-state index contributed by atoms with van der Waals surface area (Å²) >= 11 is 5.93. The Bertz CT molecular complexity index is 499. The molecule has 1 unspecified atom stereocenters. The van der Waals surface area contributed by atoms with Crippen molar-refractivity contribution < 1.29 is 0 Å². The molecule has 0 amide bonds. The Labute approximate surface area is 93.4 Å². The van der Waals surface area contributed by atoms with Crippen molar-refractivity contribution in [1.82, 2.24) is 4.98 Å². The predicted octanol–water partition coefficient (Wildman–Crippen LogP) is 3.23. The number of aromatic nitrogens is 1. The molecular formula is C12H13ClN2. The first-order valence-electron chi connectivity index (χ1n) is 5.28. The van der Waals surface area contributed by atoms with Crippen molar-refractivity contribution in [3.05, 3.63) is 35.0 Å². The van der Waals surface area contributed by atoms with Gasteiger partial charge in [0.05, 0.1) is 0 Å². The van der Waals surface area contributed by atoms with Gasteiger partial charge in [-0.25, -0.2) is 0 Å². The topological polar surface area (TPSA) is 41.8 Å². The van der Waals surface area contributed by atoms with Crippen molar-refractivity contribution in [2.75, 3.05) is 0 Å². The quantitative estimate of drug-likeness (QED) is 0.802. The molecule has 78 valence electrons. The van der Waals surface area contributed by atoms with Crippen LogP contribution in [0.1, 0.15) is 24.4 Å². The van der Waals surface area contributed by atoms with Gasteiger partial charge in [-0.3, -0.25) is 0 Å². The van der Waals surface area contributed by atoms with Gasteiger partial charge >= 0.3 is 0 Å². The zero-order chi connectivity index (χ0) is 10.4. The predicted molar refractivity (Wildman–Crippen MR) is 63.0 cm³/mol. The smallest absolute Gasteiger partial charge is 0.0472 e. The molecule has 3 heteroatoms. The van der Waals surface area contributed by atoms with Gasteiger partial charge in [0.25, 0.3) is 0 Å². The summed E-state index contributed by atoms with van der Waals surface area (Å²) in [6.45, 7) is 0. The minimum Gasteiger partial charge on any atom is -0.361 e. The molecule has 0 bridgehead atoms. The third kappa shape index (κ3) is 1.54. The van der Waals surface area contributed by atoms with Crippen LogP contribution in [0.25, 0.3) is 10.9 Å². The Balaban J connectivity index is 2.10. The molecule has 1 aliphatic rings. The number of rotatable bonds is 2. The maximum Gasteiger partial charge on any atom is 0.0472 e. The molecule has 0 radical (unpaired) electrons. The molecule has 2 nitrogen and oxygen atoms in total. The highest BCUT2D eigenvalue weighted by atomic mass is 35.5. The Morgan fingerprint density at radius 2 is 2.20 bits per heavy atom. The molecule has 3 rings (SSSR count). The number of halogens is 1. The van der Waals surface area contributed by atoms with E-state index >= 15 is 0 Å². The van der Waals surface area contributed by atoms with Crippen LogP contribution in [0.5, 0.6) is 0 Å². The number of nitrogens with one attached hydrogen (secondary N) is 1. The standard InChI is InChI=1S/C12H13ClN2/c13-8-3-4-9-10(6-15-11(9)5-8)12(14)7-1-2-7/h3-7,12,15H,1-2,14H2. The number of H-pyrrole nitrogens is 1. The molecule has 1 aliphatic carbocycles. The zero-order valence-electron chi connectivity index (χ0n) is 8.33. The Kier molecular flexibility index (Phi) is 2.01. The highest BCUT2D eigenvalue weighted by molar-refractivity contribution is 6.31. The van der Waals surface area contributed by atoms with Crippen LogP contribution in [-0.2, 0) is 0 Å². The molecule has 1 aromatic carbocycles. The molecule has 3 N–H and O–H groups in total. The number of hydrogen-bond donors (Lipinski definition) is 2. The van der Waals surface area contributed by atoms with E-state index in [1.54, 1.807) is 0 Å². The SMILES string of the molecule is NC(c1c[nH]c2cc(Cl)ccc12)C1CC1. The second-order valence-electron chi connectivity index (χ2n) is 4.30. The summed E-state index contributed by atoms with van der Waals surface area (Å²) < 4.78 is 0. The fourth-order valence-electron chi connectivity index (χ4n) is 2.11. The third-order valence-electron chi connectivity index (χ3n) is 3.16. The maximum absolute atomic E-state index is 6.20. The van der Waals surface area contributed by atoms with Crippen LogP contribution < -0.4 is 5.73 Å². The zero-order valence-corrected chi connectivity index (χ0v) is 9.09. The first-order chi connectivity index (χ1) is 7.25. The average molecular weight is 221 g/mol. The summed E-state index contributed by atoms with van der Waals surface area (Å²) in [4.78, 5) is 3.23. The molecule has 0 spiro atoms. The largest absolute Gasteiger partial charge is 0.361 e. The fourth-order valence-corrected chi connectivity index (χ4v) is 2.28. The molecule has 1 saturated carbocycles. The van der Waals surface area contributed by atoms with Crippen molar-refractivity contribution in [2.24, 2.45) is 11.7 Å². The second-order valence-corrected chi connectivity index (χ2v) is 4.73. The molecule has 15 heavy (non-hydrogen) atoms. The van der Waals surface area contributed by atoms with Crippen molar-refractivity contribution >= 4 is 22.5 Å². The summed E-state index contributed by atoms with van der Waals surface area (Å²) in [6, 6.07) is 6.09. The highest BCUT2D eigenvalue weighted by Crippen LogP contribution is 2.41. The number of fused-ring (bicyclic) bond motifs is 1. The molecule has 1 fully saturated rings. The fraction of sp³-hybridized carbons (Fsp3) is 0.333. The molecule has 0 saturated heterocycles. The summed E-state index contributed by atoms with van der Waals surface area (Å²) in [5, 5.41) is 1.97. The Hall–Kier alpha value is -0.990. The minimum atomic E-state index is 0.180. The molecule has 0 aliphatic heterocycles. The summed E-state index contributed by atoms with van der Waals surface area (Å²) in [7, 11) is 0. The van der Waals surface area contributed by atoms with Crippen LogP contribution in [0.4, 0.5) is 0 Å². The third-order valence-corrected chi connectivity index (χ3v) is 3.40. The monoisotopic (exact) mass is 220 g/mol. The van der Waals surface area contributed by atoms with E-state index < -0.39 is 0 Å². The van der Waals surface area contributed by atoms with Crippen molar-refractivity contribution in [1.29, 1.82) is 0 Å². The molecule has 1 atom stereocenters. The van der Waals surface area contributed by atoms with Crippen molar-refractivity contribution in [2.45, 2.75) is 18.9 Å². The van der Waals surface area contributed by atoms with Crippen LogP contribution in [-0.4, -0.2) is 4.98 Å². The van der Waals surface area contributed by atoms with E-state index in [0.717, 1.165) is 10.5 Å². The van der Waals surface area contributed by atoms with Gasteiger partial charge < -0.3 is 10.7 Å². The van der Waals surface area contributed by atoms with Gasteiger partial charge in [-0.15, -0.1) is 0 Å². The van der Waals surface area contributed by atoms with Gasteiger partial charge in [0.15, 0.2) is 0 Å². The lowest BCUT2D eigenvalue weighted by Gasteiger charge is -2.08. The number of nitrogens with two attached hydrogens (primary N) is 1. The van der Waals surface area contributed by atoms with Crippen LogP contribution in [0.15, 0.2) is 24.4 Å². The Morgan fingerprint density at radius 1 is 1.40 bits per heavy atom. The van der Waals surface area contributed by atoms with E-state index in [-0.39, 0.29) is 6.04 Å². The van der Waals surface area contributed by atoms with Crippen LogP contribution in [0.2, 0.25) is 5.02 Å². The molecule has 1 heterocycles.